The van der Waals surface area contributed by atoms with Gasteiger partial charge in [-0.15, -0.1) is 0 Å². The van der Waals surface area contributed by atoms with E-state index in [9.17, 15) is 10.2 Å². The fourth-order valence-electron chi connectivity index (χ4n) is 2.00. The lowest BCUT2D eigenvalue weighted by Gasteiger charge is -2.20. The molecule has 17 heavy (non-hydrogen) atoms. The van der Waals surface area contributed by atoms with E-state index < -0.39 is 5.54 Å². The minimum atomic E-state index is -0.406. The summed E-state index contributed by atoms with van der Waals surface area (Å²) in [6.45, 7) is 3.82. The van der Waals surface area contributed by atoms with Crippen LogP contribution in [-0.4, -0.2) is 15.8 Å². The molecule has 0 radical (unpaired) electrons. The summed E-state index contributed by atoms with van der Waals surface area (Å²) in [4.78, 5) is 0. The van der Waals surface area contributed by atoms with Gasteiger partial charge >= 0.3 is 0 Å². The molecule has 0 aromatic heterocycles. The Bertz CT molecular complexity index is 551. The molecule has 2 rings (SSSR count). The van der Waals surface area contributed by atoms with Gasteiger partial charge in [-0.25, -0.2) is 0 Å². The van der Waals surface area contributed by atoms with E-state index in [-0.39, 0.29) is 11.5 Å². The van der Waals surface area contributed by atoms with E-state index in [0.29, 0.717) is 6.42 Å². The number of aromatic hydroxyl groups is 2. The summed E-state index contributed by atoms with van der Waals surface area (Å²) in [7, 11) is 0. The van der Waals surface area contributed by atoms with Gasteiger partial charge in [0.15, 0.2) is 0 Å². The molecule has 0 heterocycles. The lowest BCUT2D eigenvalue weighted by Crippen LogP contribution is -2.34. The fourth-order valence-corrected chi connectivity index (χ4v) is 2.00. The number of nitrogens with two attached hydrogens (primary N) is 1. The lowest BCUT2D eigenvalue weighted by molar-refractivity contribution is 0.451. The molecule has 0 saturated heterocycles. The molecule has 0 fully saturated rings. The summed E-state index contributed by atoms with van der Waals surface area (Å²) in [6, 6.07) is 8.63. The highest BCUT2D eigenvalue weighted by molar-refractivity contribution is 5.89. The highest BCUT2D eigenvalue weighted by Gasteiger charge is 2.17. The first-order chi connectivity index (χ1) is 7.87. The number of rotatable bonds is 2. The summed E-state index contributed by atoms with van der Waals surface area (Å²) < 4.78 is 0. The summed E-state index contributed by atoms with van der Waals surface area (Å²) >= 11 is 0. The van der Waals surface area contributed by atoms with Gasteiger partial charge in [-0.1, -0.05) is 12.1 Å². The smallest absolute Gasteiger partial charge is 0.119 e. The molecular formula is C14H17NO2. The first-order valence-electron chi connectivity index (χ1n) is 5.59. The maximum Gasteiger partial charge on any atom is 0.119 e. The average molecular weight is 231 g/mol. The zero-order chi connectivity index (χ0) is 12.6. The zero-order valence-electron chi connectivity index (χ0n) is 10.1. The number of phenolic OH excluding ortho intramolecular Hbond substituents is 2. The van der Waals surface area contributed by atoms with Crippen LogP contribution in [0.5, 0.6) is 11.5 Å². The molecule has 90 valence electrons. The third kappa shape index (κ3) is 2.50. The zero-order valence-corrected chi connectivity index (χ0v) is 10.1. The first-order valence-corrected chi connectivity index (χ1v) is 5.59. The monoisotopic (exact) mass is 231 g/mol. The molecule has 0 bridgehead atoms. The Morgan fingerprint density at radius 3 is 2.41 bits per heavy atom. The molecule has 3 heteroatoms. The number of fused-ring (bicyclic) bond motifs is 1. The second-order valence-corrected chi connectivity index (χ2v) is 5.13. The van der Waals surface area contributed by atoms with Crippen molar-refractivity contribution in [3.63, 3.8) is 0 Å². The molecule has 0 saturated carbocycles. The molecule has 0 aliphatic carbocycles. The van der Waals surface area contributed by atoms with Crippen molar-refractivity contribution in [3.8, 4) is 11.5 Å². The van der Waals surface area contributed by atoms with Crippen LogP contribution in [0.15, 0.2) is 30.3 Å². The topological polar surface area (TPSA) is 66.5 Å². The van der Waals surface area contributed by atoms with Gasteiger partial charge in [0.1, 0.15) is 11.5 Å². The second kappa shape index (κ2) is 3.93. The summed E-state index contributed by atoms with van der Waals surface area (Å²) in [5, 5.41) is 21.3. The lowest BCUT2D eigenvalue weighted by atomic mass is 9.91. The summed E-state index contributed by atoms with van der Waals surface area (Å²) in [5.41, 5.74) is 6.37. The summed E-state index contributed by atoms with van der Waals surface area (Å²) in [5.74, 6) is 0.417. The van der Waals surface area contributed by atoms with E-state index in [1.54, 1.807) is 18.2 Å². The normalized spacial score (nSPS) is 11.9. The van der Waals surface area contributed by atoms with Crippen LogP contribution in [0.1, 0.15) is 19.4 Å². The van der Waals surface area contributed by atoms with Crippen molar-refractivity contribution in [1.29, 1.82) is 0 Å². The minimum Gasteiger partial charge on any atom is -0.508 e. The highest BCUT2D eigenvalue weighted by atomic mass is 16.3. The van der Waals surface area contributed by atoms with Crippen molar-refractivity contribution in [3.05, 3.63) is 35.9 Å². The molecule has 0 amide bonds. The molecule has 0 unspecified atom stereocenters. The van der Waals surface area contributed by atoms with Gasteiger partial charge < -0.3 is 15.9 Å². The predicted molar refractivity (Wildman–Crippen MR) is 69.2 cm³/mol. The molecule has 2 aromatic rings. The number of hydrogen-bond donors (Lipinski definition) is 3. The average Bonchev–Trinajstić information content (AvgIpc) is 2.21. The van der Waals surface area contributed by atoms with Crippen molar-refractivity contribution in [2.45, 2.75) is 25.8 Å². The first kappa shape index (κ1) is 11.7. The molecule has 0 spiro atoms. The Balaban J connectivity index is 2.66. The largest absolute Gasteiger partial charge is 0.508 e. The Labute approximate surface area is 101 Å². The Hall–Kier alpha value is -1.74. The Kier molecular flexibility index (Phi) is 2.71. The van der Waals surface area contributed by atoms with E-state index in [4.69, 9.17) is 5.73 Å². The van der Waals surface area contributed by atoms with Crippen molar-refractivity contribution in [2.24, 2.45) is 5.73 Å². The van der Waals surface area contributed by atoms with Crippen molar-refractivity contribution >= 4 is 10.8 Å². The van der Waals surface area contributed by atoms with E-state index in [2.05, 4.69) is 0 Å². The second-order valence-electron chi connectivity index (χ2n) is 5.13. The SMILES string of the molecule is CC(C)(N)Cc1c(O)ccc2ccc(O)cc12. The van der Waals surface area contributed by atoms with Crippen LogP contribution in [0, 0.1) is 0 Å². The van der Waals surface area contributed by atoms with Gasteiger partial charge in [0.2, 0.25) is 0 Å². The van der Waals surface area contributed by atoms with Crippen molar-refractivity contribution in [2.75, 3.05) is 0 Å². The van der Waals surface area contributed by atoms with Crippen LogP contribution < -0.4 is 5.73 Å². The summed E-state index contributed by atoms with van der Waals surface area (Å²) in [6.07, 6.45) is 0.555. The number of hydrogen-bond acceptors (Lipinski definition) is 3. The highest BCUT2D eigenvalue weighted by Crippen LogP contribution is 2.31. The Morgan fingerprint density at radius 1 is 1.12 bits per heavy atom. The number of phenols is 2. The molecule has 2 aromatic carbocycles. The van der Waals surface area contributed by atoms with Gasteiger partial charge in [0.05, 0.1) is 0 Å². The van der Waals surface area contributed by atoms with Crippen LogP contribution in [0.25, 0.3) is 10.8 Å². The van der Waals surface area contributed by atoms with Crippen LogP contribution in [0.4, 0.5) is 0 Å². The molecule has 0 atom stereocenters. The van der Waals surface area contributed by atoms with E-state index in [0.717, 1.165) is 16.3 Å². The van der Waals surface area contributed by atoms with Gasteiger partial charge in [0, 0.05) is 11.1 Å². The third-order valence-corrected chi connectivity index (χ3v) is 2.72. The van der Waals surface area contributed by atoms with Crippen LogP contribution in [0.3, 0.4) is 0 Å². The maximum absolute atomic E-state index is 9.93. The van der Waals surface area contributed by atoms with Crippen LogP contribution in [-0.2, 0) is 6.42 Å². The Morgan fingerprint density at radius 2 is 1.76 bits per heavy atom. The maximum atomic E-state index is 9.93. The van der Waals surface area contributed by atoms with E-state index in [1.807, 2.05) is 26.0 Å². The van der Waals surface area contributed by atoms with Gasteiger partial charge in [-0.3, -0.25) is 0 Å². The molecule has 0 aliphatic heterocycles. The van der Waals surface area contributed by atoms with Gasteiger partial charge in [-0.05, 0) is 49.2 Å². The molecule has 3 nitrogen and oxygen atoms in total. The van der Waals surface area contributed by atoms with Gasteiger partial charge in [0.25, 0.3) is 0 Å². The van der Waals surface area contributed by atoms with Gasteiger partial charge in [-0.2, -0.15) is 0 Å². The van der Waals surface area contributed by atoms with Crippen LogP contribution >= 0.6 is 0 Å². The molecule has 0 aliphatic rings. The quantitative estimate of drug-likeness (QED) is 0.744. The minimum absolute atomic E-state index is 0.194. The van der Waals surface area contributed by atoms with Crippen molar-refractivity contribution < 1.29 is 10.2 Å². The van der Waals surface area contributed by atoms with Crippen molar-refractivity contribution in [1.82, 2.24) is 0 Å². The molecule has 4 N–H and O–H groups in total. The third-order valence-electron chi connectivity index (χ3n) is 2.72. The predicted octanol–water partition coefficient (Wildman–Crippen LogP) is 2.53. The number of benzene rings is 2. The fraction of sp³-hybridized carbons (Fsp3) is 0.286. The van der Waals surface area contributed by atoms with E-state index >= 15 is 0 Å². The van der Waals surface area contributed by atoms with E-state index in [1.165, 1.54) is 0 Å². The van der Waals surface area contributed by atoms with Crippen LogP contribution in [0.2, 0.25) is 0 Å². The standard InChI is InChI=1S/C14H17NO2/c1-14(2,15)8-12-11-7-10(16)5-3-9(11)4-6-13(12)17/h3-7,16-17H,8,15H2,1-2H3. The molecular weight excluding hydrogens is 214 g/mol.